The van der Waals surface area contributed by atoms with Crippen molar-refractivity contribution < 1.29 is 14.3 Å². The molecule has 1 aliphatic heterocycles. The third kappa shape index (κ3) is 4.76. The number of aromatic nitrogens is 2. The lowest BCUT2D eigenvalue weighted by Gasteiger charge is -2.34. The van der Waals surface area contributed by atoms with Gasteiger partial charge in [0.05, 0.1) is 17.6 Å². The van der Waals surface area contributed by atoms with Gasteiger partial charge in [0.15, 0.2) is 0 Å². The summed E-state index contributed by atoms with van der Waals surface area (Å²) >= 11 is 0. The number of aliphatic hydroxyl groups is 1. The number of nitrogens with one attached hydrogen (secondary N) is 2. The topological polar surface area (TPSA) is 81.2 Å². The van der Waals surface area contributed by atoms with Crippen LogP contribution in [0.2, 0.25) is 0 Å². The third-order valence-electron chi connectivity index (χ3n) is 4.76. The summed E-state index contributed by atoms with van der Waals surface area (Å²) in [6.07, 6.45) is 4.17. The number of aliphatic hydroxyl groups excluding tert-OH is 1. The minimum Gasteiger partial charge on any atom is -0.395 e. The second-order valence-corrected chi connectivity index (χ2v) is 6.56. The molecule has 1 aliphatic rings. The first kappa shape index (κ1) is 17.8. The van der Waals surface area contributed by atoms with Gasteiger partial charge in [-0.25, -0.2) is 9.37 Å². The summed E-state index contributed by atoms with van der Waals surface area (Å²) in [4.78, 5) is 21.7. The Labute approximate surface area is 146 Å². The highest BCUT2D eigenvalue weighted by molar-refractivity contribution is 5.77. The maximum Gasteiger partial charge on any atom is 0.220 e. The van der Waals surface area contributed by atoms with E-state index in [0.29, 0.717) is 36.2 Å². The Balaban J connectivity index is 1.41. The van der Waals surface area contributed by atoms with Gasteiger partial charge in [-0.15, -0.1) is 0 Å². The zero-order chi connectivity index (χ0) is 17.6. The molecule has 25 heavy (non-hydrogen) atoms. The molecule has 1 unspecified atom stereocenters. The second kappa shape index (κ2) is 8.40. The van der Waals surface area contributed by atoms with E-state index in [1.165, 1.54) is 12.1 Å². The SMILES string of the molecule is O=C(CCc1nc2ccc(F)cc2[nH]1)NCCN1CCCCC1CO. The lowest BCUT2D eigenvalue weighted by atomic mass is 10.0. The average Bonchev–Trinajstić information content (AvgIpc) is 3.02. The van der Waals surface area contributed by atoms with E-state index in [2.05, 4.69) is 20.2 Å². The lowest BCUT2D eigenvalue weighted by molar-refractivity contribution is -0.121. The van der Waals surface area contributed by atoms with Crippen LogP contribution in [0.25, 0.3) is 11.0 Å². The number of hydrogen-bond acceptors (Lipinski definition) is 4. The number of H-pyrrole nitrogens is 1. The molecule has 1 atom stereocenters. The second-order valence-electron chi connectivity index (χ2n) is 6.56. The summed E-state index contributed by atoms with van der Waals surface area (Å²) in [6.45, 7) is 2.51. The first-order valence-corrected chi connectivity index (χ1v) is 8.91. The zero-order valence-electron chi connectivity index (χ0n) is 14.3. The molecule has 6 nitrogen and oxygen atoms in total. The molecule has 1 amide bonds. The number of carbonyl (C=O) groups excluding carboxylic acids is 1. The molecule has 1 saturated heterocycles. The lowest BCUT2D eigenvalue weighted by Crippen LogP contribution is -2.45. The number of likely N-dealkylation sites (tertiary alicyclic amines) is 1. The number of piperidine rings is 1. The summed E-state index contributed by atoms with van der Waals surface area (Å²) in [5.74, 6) is 0.357. The minimum atomic E-state index is -0.306. The minimum absolute atomic E-state index is 0.0239. The van der Waals surface area contributed by atoms with Gasteiger partial charge >= 0.3 is 0 Å². The van der Waals surface area contributed by atoms with Crippen molar-refractivity contribution in [1.29, 1.82) is 0 Å². The number of amides is 1. The van der Waals surface area contributed by atoms with Gasteiger partial charge in [-0.1, -0.05) is 6.42 Å². The summed E-state index contributed by atoms with van der Waals surface area (Å²) < 4.78 is 13.2. The smallest absolute Gasteiger partial charge is 0.220 e. The Kier molecular flexibility index (Phi) is 5.99. The quantitative estimate of drug-likeness (QED) is 0.710. The molecule has 0 radical (unpaired) electrons. The third-order valence-corrected chi connectivity index (χ3v) is 4.76. The highest BCUT2D eigenvalue weighted by Gasteiger charge is 2.21. The monoisotopic (exact) mass is 348 g/mol. The highest BCUT2D eigenvalue weighted by Crippen LogP contribution is 2.16. The predicted molar refractivity (Wildman–Crippen MR) is 93.7 cm³/mol. The van der Waals surface area contributed by atoms with Crippen molar-refractivity contribution in [1.82, 2.24) is 20.2 Å². The summed E-state index contributed by atoms with van der Waals surface area (Å²) in [7, 11) is 0. The Hall–Kier alpha value is -1.99. The Morgan fingerprint density at radius 3 is 3.16 bits per heavy atom. The first-order chi connectivity index (χ1) is 12.2. The largest absolute Gasteiger partial charge is 0.395 e. The maximum absolute atomic E-state index is 13.2. The molecule has 0 spiro atoms. The van der Waals surface area contributed by atoms with Crippen molar-refractivity contribution in [3.8, 4) is 0 Å². The average molecular weight is 348 g/mol. The van der Waals surface area contributed by atoms with Crippen LogP contribution in [0.1, 0.15) is 31.5 Å². The van der Waals surface area contributed by atoms with Crippen LogP contribution in [-0.2, 0) is 11.2 Å². The molecule has 3 N–H and O–H groups in total. The number of hydrogen-bond donors (Lipinski definition) is 3. The Bertz CT molecular complexity index is 718. The van der Waals surface area contributed by atoms with E-state index in [4.69, 9.17) is 0 Å². The number of halogens is 1. The van der Waals surface area contributed by atoms with Crippen molar-refractivity contribution >= 4 is 16.9 Å². The number of rotatable bonds is 7. The van der Waals surface area contributed by atoms with E-state index in [9.17, 15) is 14.3 Å². The standard InChI is InChI=1S/C18H25FN4O2/c19-13-4-5-15-16(11-13)22-17(21-15)6-7-18(25)20-8-10-23-9-2-1-3-14(23)12-24/h4-5,11,14,24H,1-3,6-10,12H2,(H,20,25)(H,21,22). The van der Waals surface area contributed by atoms with Gasteiger partial charge in [0.25, 0.3) is 0 Å². The summed E-state index contributed by atoms with van der Waals surface area (Å²) in [5, 5.41) is 12.3. The maximum atomic E-state index is 13.2. The number of benzene rings is 1. The van der Waals surface area contributed by atoms with Gasteiger partial charge in [-0.3, -0.25) is 9.69 Å². The molecule has 136 valence electrons. The molecule has 1 aromatic carbocycles. The van der Waals surface area contributed by atoms with Crippen LogP contribution in [-0.4, -0.2) is 58.2 Å². The fourth-order valence-electron chi connectivity index (χ4n) is 3.37. The Morgan fingerprint density at radius 1 is 1.44 bits per heavy atom. The van der Waals surface area contributed by atoms with Crippen LogP contribution in [0.5, 0.6) is 0 Å². The van der Waals surface area contributed by atoms with Crippen molar-refractivity contribution in [2.75, 3.05) is 26.2 Å². The summed E-state index contributed by atoms with van der Waals surface area (Å²) in [6, 6.07) is 4.63. The molecule has 0 saturated carbocycles. The molecule has 0 aliphatic carbocycles. The van der Waals surface area contributed by atoms with Crippen molar-refractivity contribution in [2.24, 2.45) is 0 Å². The predicted octanol–water partition coefficient (Wildman–Crippen LogP) is 1.60. The van der Waals surface area contributed by atoms with Crippen LogP contribution >= 0.6 is 0 Å². The van der Waals surface area contributed by atoms with Gasteiger partial charge < -0.3 is 15.4 Å². The van der Waals surface area contributed by atoms with Crippen LogP contribution in [0.15, 0.2) is 18.2 Å². The van der Waals surface area contributed by atoms with Crippen molar-refractivity contribution in [3.05, 3.63) is 29.8 Å². The van der Waals surface area contributed by atoms with Crippen LogP contribution in [0, 0.1) is 5.82 Å². The van der Waals surface area contributed by atoms with Crippen molar-refractivity contribution in [3.63, 3.8) is 0 Å². The van der Waals surface area contributed by atoms with E-state index in [1.54, 1.807) is 6.07 Å². The van der Waals surface area contributed by atoms with E-state index in [1.807, 2.05) is 0 Å². The Morgan fingerprint density at radius 2 is 2.32 bits per heavy atom. The number of imidazole rings is 1. The highest BCUT2D eigenvalue weighted by atomic mass is 19.1. The zero-order valence-corrected chi connectivity index (χ0v) is 14.3. The fraction of sp³-hybridized carbons (Fsp3) is 0.556. The van der Waals surface area contributed by atoms with Crippen LogP contribution in [0.3, 0.4) is 0 Å². The molecule has 3 rings (SSSR count). The molecule has 2 aromatic rings. The van der Waals surface area contributed by atoms with Crippen LogP contribution < -0.4 is 5.32 Å². The number of fused-ring (bicyclic) bond motifs is 1. The number of aryl methyl sites for hydroxylation is 1. The van der Waals surface area contributed by atoms with Crippen molar-refractivity contribution in [2.45, 2.75) is 38.1 Å². The van der Waals surface area contributed by atoms with Crippen LogP contribution in [0.4, 0.5) is 4.39 Å². The fourth-order valence-corrected chi connectivity index (χ4v) is 3.37. The molecular weight excluding hydrogens is 323 g/mol. The van der Waals surface area contributed by atoms with Gasteiger partial charge in [0.1, 0.15) is 11.6 Å². The van der Waals surface area contributed by atoms with E-state index in [-0.39, 0.29) is 24.4 Å². The molecule has 1 aromatic heterocycles. The number of nitrogens with zero attached hydrogens (tertiary/aromatic N) is 2. The molecule has 7 heteroatoms. The van der Waals surface area contributed by atoms with Gasteiger partial charge in [0.2, 0.25) is 5.91 Å². The van der Waals surface area contributed by atoms with E-state index in [0.717, 1.165) is 32.4 Å². The van der Waals surface area contributed by atoms with Gasteiger partial charge in [-0.05, 0) is 37.6 Å². The number of aromatic amines is 1. The molecule has 2 heterocycles. The molecule has 1 fully saturated rings. The number of carbonyl (C=O) groups is 1. The summed E-state index contributed by atoms with van der Waals surface area (Å²) in [5.41, 5.74) is 1.35. The molecule has 0 bridgehead atoms. The normalized spacial score (nSPS) is 18.6. The van der Waals surface area contributed by atoms with Gasteiger partial charge in [0, 0.05) is 32.0 Å². The first-order valence-electron chi connectivity index (χ1n) is 8.91. The molecular formula is C18H25FN4O2. The van der Waals surface area contributed by atoms with E-state index >= 15 is 0 Å². The van der Waals surface area contributed by atoms with E-state index < -0.39 is 0 Å². The van der Waals surface area contributed by atoms with Gasteiger partial charge in [-0.2, -0.15) is 0 Å².